The van der Waals surface area contributed by atoms with Crippen molar-refractivity contribution in [1.29, 1.82) is 0 Å². The van der Waals surface area contributed by atoms with Gasteiger partial charge in [0.15, 0.2) is 0 Å². The van der Waals surface area contributed by atoms with E-state index in [1.165, 1.54) is 5.56 Å². The van der Waals surface area contributed by atoms with Gasteiger partial charge in [-0.25, -0.2) is 0 Å². The van der Waals surface area contributed by atoms with Gasteiger partial charge in [0.2, 0.25) is 0 Å². The molecule has 0 spiro atoms. The molecule has 2 rings (SSSR count). The maximum absolute atomic E-state index is 10.9. The van der Waals surface area contributed by atoms with Gasteiger partial charge in [-0.2, -0.15) is 0 Å². The van der Waals surface area contributed by atoms with Gasteiger partial charge in [-0.15, -0.1) is 0 Å². The zero-order valence-electron chi connectivity index (χ0n) is 10.8. The van der Waals surface area contributed by atoms with Crippen LogP contribution in [0.1, 0.15) is 16.7 Å². The normalized spacial score (nSPS) is 10.2. The number of carbonyl (C=O) groups is 1. The van der Waals surface area contributed by atoms with Gasteiger partial charge in [0.05, 0.1) is 13.5 Å². The molecule has 0 aliphatic carbocycles. The molecule has 19 heavy (non-hydrogen) atoms. The molecule has 0 atom stereocenters. The first-order valence-electron chi connectivity index (χ1n) is 6.10. The van der Waals surface area contributed by atoms with Gasteiger partial charge < -0.3 is 9.84 Å². The molecule has 0 amide bonds. The Kier molecular flexibility index (Phi) is 4.18. The first-order chi connectivity index (χ1) is 9.19. The molecule has 0 saturated carbocycles. The molecule has 0 aliphatic heterocycles. The summed E-state index contributed by atoms with van der Waals surface area (Å²) in [6.07, 6.45) is 0.743. The third kappa shape index (κ3) is 3.58. The molecule has 98 valence electrons. The van der Waals surface area contributed by atoms with Crippen LogP contribution >= 0.6 is 0 Å². The van der Waals surface area contributed by atoms with Gasteiger partial charge in [-0.05, 0) is 35.2 Å². The molecule has 2 aromatic carbocycles. The summed E-state index contributed by atoms with van der Waals surface area (Å²) in [5, 5.41) is 8.98. The van der Waals surface area contributed by atoms with Crippen molar-refractivity contribution >= 4 is 5.97 Å². The average molecular weight is 256 g/mol. The Hall–Kier alpha value is -2.29. The van der Waals surface area contributed by atoms with E-state index in [4.69, 9.17) is 9.84 Å². The highest BCUT2D eigenvalue weighted by Crippen LogP contribution is 2.21. The predicted octanol–water partition coefficient (Wildman–Crippen LogP) is 2.91. The lowest BCUT2D eigenvalue weighted by Crippen LogP contribution is -2.04. The number of aliphatic carboxylic acids is 1. The van der Waals surface area contributed by atoms with Crippen LogP contribution in [0.2, 0.25) is 0 Å². The highest BCUT2D eigenvalue weighted by Gasteiger charge is 2.09. The minimum atomic E-state index is -0.831. The van der Waals surface area contributed by atoms with Crippen LogP contribution in [0.15, 0.2) is 48.5 Å². The molecule has 0 aromatic heterocycles. The molecule has 0 heterocycles. The predicted molar refractivity (Wildman–Crippen MR) is 73.6 cm³/mol. The van der Waals surface area contributed by atoms with Crippen molar-refractivity contribution in [3.05, 3.63) is 65.2 Å². The zero-order chi connectivity index (χ0) is 13.7. The Morgan fingerprint density at radius 3 is 2.47 bits per heavy atom. The second kappa shape index (κ2) is 6.05. The lowest BCUT2D eigenvalue weighted by molar-refractivity contribution is -0.136. The zero-order valence-corrected chi connectivity index (χ0v) is 10.8. The lowest BCUT2D eigenvalue weighted by Gasteiger charge is -2.10. The van der Waals surface area contributed by atoms with Crippen molar-refractivity contribution in [3.8, 4) is 5.75 Å². The van der Waals surface area contributed by atoms with Crippen LogP contribution < -0.4 is 4.74 Å². The van der Waals surface area contributed by atoms with Crippen molar-refractivity contribution in [2.24, 2.45) is 0 Å². The number of rotatable bonds is 5. The molecular weight excluding hydrogens is 240 g/mol. The van der Waals surface area contributed by atoms with Crippen molar-refractivity contribution in [3.63, 3.8) is 0 Å². The molecule has 1 N–H and O–H groups in total. The monoisotopic (exact) mass is 256 g/mol. The molecule has 0 fully saturated rings. The molecule has 0 unspecified atom stereocenters. The number of methoxy groups -OCH3 is 1. The quantitative estimate of drug-likeness (QED) is 0.894. The Balaban J connectivity index is 2.30. The average Bonchev–Trinajstić information content (AvgIpc) is 2.41. The van der Waals surface area contributed by atoms with E-state index in [0.717, 1.165) is 17.5 Å². The smallest absolute Gasteiger partial charge is 0.307 e. The van der Waals surface area contributed by atoms with E-state index in [9.17, 15) is 4.79 Å². The van der Waals surface area contributed by atoms with Crippen LogP contribution in [0.3, 0.4) is 0 Å². The van der Waals surface area contributed by atoms with E-state index < -0.39 is 5.97 Å². The Labute approximate surface area is 112 Å². The molecule has 0 aliphatic rings. The maximum atomic E-state index is 10.9. The maximum Gasteiger partial charge on any atom is 0.307 e. The minimum Gasteiger partial charge on any atom is -0.497 e. The first-order valence-corrected chi connectivity index (χ1v) is 6.10. The largest absolute Gasteiger partial charge is 0.497 e. The van der Waals surface area contributed by atoms with Crippen LogP contribution in [0.5, 0.6) is 5.75 Å². The Morgan fingerprint density at radius 2 is 1.84 bits per heavy atom. The van der Waals surface area contributed by atoms with E-state index in [-0.39, 0.29) is 6.42 Å². The third-order valence-electron chi connectivity index (χ3n) is 2.99. The van der Waals surface area contributed by atoms with Gasteiger partial charge in [-0.3, -0.25) is 4.79 Å². The summed E-state index contributed by atoms with van der Waals surface area (Å²) in [5.74, 6) is -0.143. The second-order valence-corrected chi connectivity index (χ2v) is 4.37. The van der Waals surface area contributed by atoms with Crippen LogP contribution in [-0.4, -0.2) is 18.2 Å². The lowest BCUT2D eigenvalue weighted by atomic mass is 9.97. The van der Waals surface area contributed by atoms with Gasteiger partial charge in [0.25, 0.3) is 0 Å². The number of carboxylic acid groups (broad SMARTS) is 1. The standard InChI is InChI=1S/C16H16O3/c1-19-15-8-7-13(14(10-15)11-16(17)18)9-12-5-3-2-4-6-12/h2-8,10H,9,11H2,1H3,(H,17,18). The number of ether oxygens (including phenoxy) is 1. The first kappa shape index (κ1) is 13.1. The summed E-state index contributed by atoms with van der Waals surface area (Å²) in [7, 11) is 1.58. The van der Waals surface area contributed by atoms with E-state index in [0.29, 0.717) is 5.75 Å². The van der Waals surface area contributed by atoms with E-state index in [2.05, 4.69) is 0 Å². The van der Waals surface area contributed by atoms with Crippen molar-refractivity contribution in [1.82, 2.24) is 0 Å². The van der Waals surface area contributed by atoms with E-state index in [1.54, 1.807) is 13.2 Å². The van der Waals surface area contributed by atoms with Gasteiger partial charge in [0.1, 0.15) is 5.75 Å². The summed E-state index contributed by atoms with van der Waals surface area (Å²) in [6, 6.07) is 15.6. The fourth-order valence-electron chi connectivity index (χ4n) is 2.04. The Morgan fingerprint density at radius 1 is 1.11 bits per heavy atom. The summed E-state index contributed by atoms with van der Waals surface area (Å²) in [4.78, 5) is 10.9. The van der Waals surface area contributed by atoms with Gasteiger partial charge >= 0.3 is 5.97 Å². The van der Waals surface area contributed by atoms with Crippen molar-refractivity contribution in [2.45, 2.75) is 12.8 Å². The van der Waals surface area contributed by atoms with Crippen LogP contribution in [0, 0.1) is 0 Å². The van der Waals surface area contributed by atoms with Crippen molar-refractivity contribution in [2.75, 3.05) is 7.11 Å². The fraction of sp³-hybridized carbons (Fsp3) is 0.188. The minimum absolute atomic E-state index is 0.0133. The third-order valence-corrected chi connectivity index (χ3v) is 2.99. The van der Waals surface area contributed by atoms with Gasteiger partial charge in [-0.1, -0.05) is 36.4 Å². The van der Waals surface area contributed by atoms with Crippen molar-refractivity contribution < 1.29 is 14.6 Å². The molecule has 0 radical (unpaired) electrons. The summed E-state index contributed by atoms with van der Waals surface area (Å²) in [6.45, 7) is 0. The van der Waals surface area contributed by atoms with Crippen LogP contribution in [0.4, 0.5) is 0 Å². The number of carboxylic acids is 1. The van der Waals surface area contributed by atoms with Crippen LogP contribution in [-0.2, 0) is 17.6 Å². The SMILES string of the molecule is COc1ccc(Cc2ccccc2)c(CC(=O)O)c1. The summed E-state index contributed by atoms with van der Waals surface area (Å²) < 4.78 is 5.15. The van der Waals surface area contributed by atoms with Gasteiger partial charge in [0, 0.05) is 0 Å². The summed E-state index contributed by atoms with van der Waals surface area (Å²) >= 11 is 0. The van der Waals surface area contributed by atoms with Crippen LogP contribution in [0.25, 0.3) is 0 Å². The number of benzene rings is 2. The highest BCUT2D eigenvalue weighted by molar-refractivity contribution is 5.71. The Bertz CT molecular complexity index is 561. The molecule has 0 saturated heterocycles. The molecular formula is C16H16O3. The molecule has 3 nitrogen and oxygen atoms in total. The van der Waals surface area contributed by atoms with E-state index >= 15 is 0 Å². The summed E-state index contributed by atoms with van der Waals surface area (Å²) in [5.41, 5.74) is 2.99. The fourth-order valence-corrected chi connectivity index (χ4v) is 2.04. The molecule has 0 bridgehead atoms. The van der Waals surface area contributed by atoms with E-state index in [1.807, 2.05) is 42.5 Å². The number of hydrogen-bond donors (Lipinski definition) is 1. The topological polar surface area (TPSA) is 46.5 Å². The second-order valence-electron chi connectivity index (χ2n) is 4.37. The number of hydrogen-bond acceptors (Lipinski definition) is 2. The molecule has 2 aromatic rings. The molecule has 3 heteroatoms. The highest BCUT2D eigenvalue weighted by atomic mass is 16.5.